The molecule has 0 unspecified atom stereocenters. The molecule has 2 aromatic rings. The molecular formula is C15H15NS3. The van der Waals surface area contributed by atoms with Gasteiger partial charge >= 0.3 is 0 Å². The van der Waals surface area contributed by atoms with Gasteiger partial charge in [-0.3, -0.25) is 0 Å². The third kappa shape index (κ3) is 3.19. The summed E-state index contributed by atoms with van der Waals surface area (Å²) in [6.45, 7) is 2.05. The summed E-state index contributed by atoms with van der Waals surface area (Å²) in [4.78, 5) is 3.87. The second-order valence-corrected chi connectivity index (χ2v) is 7.19. The summed E-state index contributed by atoms with van der Waals surface area (Å²) < 4.78 is 1.03. The number of fused-ring (bicyclic) bond motifs is 1. The molecule has 4 heteroatoms. The molecule has 0 bridgehead atoms. The molecule has 0 atom stereocenters. The van der Waals surface area contributed by atoms with Crippen molar-refractivity contribution in [2.24, 2.45) is 0 Å². The number of thiocarbonyl (C=S) groups is 1. The molecule has 0 N–H and O–H groups in total. The lowest BCUT2D eigenvalue weighted by Gasteiger charge is -2.28. The molecular weight excluding hydrogens is 290 g/mol. The first-order valence-corrected chi connectivity index (χ1v) is 8.61. The summed E-state index contributed by atoms with van der Waals surface area (Å²) in [6.07, 6.45) is 1.14. The molecule has 0 saturated heterocycles. The molecule has 1 aromatic heterocycles. The largest absolute Gasteiger partial charge is 0.353 e. The molecule has 1 aromatic carbocycles. The molecule has 0 spiro atoms. The molecule has 0 aliphatic carbocycles. The fourth-order valence-corrected chi connectivity index (χ4v) is 4.26. The number of thiophene rings is 1. The summed E-state index contributed by atoms with van der Waals surface area (Å²) in [5.74, 6) is 0.965. The van der Waals surface area contributed by atoms with Crippen LogP contribution in [-0.2, 0) is 18.7 Å². The molecule has 1 aliphatic heterocycles. The van der Waals surface area contributed by atoms with Crippen molar-refractivity contribution in [3.05, 3.63) is 57.8 Å². The highest BCUT2D eigenvalue weighted by Crippen LogP contribution is 2.27. The lowest BCUT2D eigenvalue weighted by molar-refractivity contribution is 0.411. The van der Waals surface area contributed by atoms with Gasteiger partial charge in [0.2, 0.25) is 0 Å². The van der Waals surface area contributed by atoms with Crippen LogP contribution in [0, 0.1) is 0 Å². The standard InChI is InChI=1S/C15H15NS3/c17-15(19-11-12-4-2-1-3-5-12)16-8-6-14-13(10-16)7-9-18-14/h1-5,7,9H,6,8,10-11H2. The molecule has 19 heavy (non-hydrogen) atoms. The van der Waals surface area contributed by atoms with Gasteiger partial charge in [-0.15, -0.1) is 11.3 Å². The van der Waals surface area contributed by atoms with Crippen LogP contribution in [0.5, 0.6) is 0 Å². The summed E-state index contributed by atoms with van der Waals surface area (Å²) in [6, 6.07) is 12.8. The van der Waals surface area contributed by atoms with Crippen LogP contribution in [0.3, 0.4) is 0 Å². The fourth-order valence-electron chi connectivity index (χ4n) is 2.21. The monoisotopic (exact) mass is 305 g/mol. The van der Waals surface area contributed by atoms with Gasteiger partial charge in [-0.2, -0.15) is 0 Å². The van der Waals surface area contributed by atoms with E-state index in [9.17, 15) is 0 Å². The van der Waals surface area contributed by atoms with Gasteiger partial charge in [0, 0.05) is 23.7 Å². The van der Waals surface area contributed by atoms with Gasteiger partial charge in [0.15, 0.2) is 0 Å². The van der Waals surface area contributed by atoms with E-state index < -0.39 is 0 Å². The van der Waals surface area contributed by atoms with E-state index in [0.29, 0.717) is 0 Å². The van der Waals surface area contributed by atoms with Gasteiger partial charge in [0.05, 0.1) is 0 Å². The minimum absolute atomic E-state index is 0.965. The maximum absolute atomic E-state index is 5.57. The lowest BCUT2D eigenvalue weighted by Crippen LogP contribution is -2.32. The Bertz CT molecular complexity index is 562. The zero-order valence-electron chi connectivity index (χ0n) is 10.5. The summed E-state index contributed by atoms with van der Waals surface area (Å²) >= 11 is 9.22. The average Bonchev–Trinajstić information content (AvgIpc) is 2.93. The fraction of sp³-hybridized carbons (Fsp3) is 0.267. The maximum atomic E-state index is 5.57. The Morgan fingerprint density at radius 1 is 1.26 bits per heavy atom. The predicted molar refractivity (Wildman–Crippen MR) is 88.8 cm³/mol. The van der Waals surface area contributed by atoms with E-state index in [-0.39, 0.29) is 0 Å². The van der Waals surface area contributed by atoms with E-state index in [4.69, 9.17) is 12.2 Å². The minimum Gasteiger partial charge on any atom is -0.353 e. The van der Waals surface area contributed by atoms with Crippen molar-refractivity contribution >= 4 is 39.6 Å². The number of thioether (sulfide) groups is 1. The van der Waals surface area contributed by atoms with Crippen molar-refractivity contribution < 1.29 is 0 Å². The van der Waals surface area contributed by atoms with Crippen LogP contribution in [0.4, 0.5) is 0 Å². The first kappa shape index (κ1) is 13.2. The Morgan fingerprint density at radius 2 is 2.11 bits per heavy atom. The Labute approximate surface area is 127 Å². The number of nitrogens with zero attached hydrogens (tertiary/aromatic N) is 1. The molecule has 3 rings (SSSR count). The predicted octanol–water partition coefficient (Wildman–Crippen LogP) is 4.32. The van der Waals surface area contributed by atoms with Gasteiger partial charge < -0.3 is 4.90 Å². The number of benzene rings is 1. The highest BCUT2D eigenvalue weighted by Gasteiger charge is 2.19. The van der Waals surface area contributed by atoms with Crippen LogP contribution in [0.15, 0.2) is 41.8 Å². The summed E-state index contributed by atoms with van der Waals surface area (Å²) in [7, 11) is 0. The van der Waals surface area contributed by atoms with Gasteiger partial charge in [0.1, 0.15) is 4.32 Å². The number of rotatable bonds is 2. The topological polar surface area (TPSA) is 3.24 Å². The van der Waals surface area contributed by atoms with Crippen molar-refractivity contribution in [2.75, 3.05) is 6.54 Å². The van der Waals surface area contributed by atoms with Crippen LogP contribution in [0.25, 0.3) is 0 Å². The van der Waals surface area contributed by atoms with Gasteiger partial charge in [-0.1, -0.05) is 54.3 Å². The van der Waals surface area contributed by atoms with Crippen molar-refractivity contribution in [1.82, 2.24) is 4.90 Å². The van der Waals surface area contributed by atoms with Crippen LogP contribution in [0.2, 0.25) is 0 Å². The highest BCUT2D eigenvalue weighted by atomic mass is 32.2. The quantitative estimate of drug-likeness (QED) is 0.761. The zero-order valence-corrected chi connectivity index (χ0v) is 13.0. The Morgan fingerprint density at radius 3 is 2.95 bits per heavy atom. The lowest BCUT2D eigenvalue weighted by atomic mass is 10.1. The average molecular weight is 305 g/mol. The first-order chi connectivity index (χ1) is 9.33. The van der Waals surface area contributed by atoms with Crippen molar-refractivity contribution in [2.45, 2.75) is 18.7 Å². The van der Waals surface area contributed by atoms with Crippen LogP contribution >= 0.6 is 35.3 Å². The number of hydrogen-bond acceptors (Lipinski definition) is 3. The zero-order chi connectivity index (χ0) is 13.1. The van der Waals surface area contributed by atoms with Crippen molar-refractivity contribution in [3.63, 3.8) is 0 Å². The Balaban J connectivity index is 1.57. The Kier molecular flexibility index (Phi) is 4.21. The van der Waals surface area contributed by atoms with Gasteiger partial charge in [0.25, 0.3) is 0 Å². The van der Waals surface area contributed by atoms with E-state index in [2.05, 4.69) is 46.7 Å². The smallest absolute Gasteiger partial charge is 0.137 e. The van der Waals surface area contributed by atoms with E-state index >= 15 is 0 Å². The first-order valence-electron chi connectivity index (χ1n) is 6.34. The van der Waals surface area contributed by atoms with Crippen LogP contribution in [0.1, 0.15) is 16.0 Å². The molecule has 2 heterocycles. The van der Waals surface area contributed by atoms with E-state index in [1.54, 1.807) is 11.8 Å². The van der Waals surface area contributed by atoms with E-state index in [0.717, 1.165) is 29.6 Å². The Hall–Kier alpha value is -0.840. The SMILES string of the molecule is S=C(SCc1ccccc1)N1CCc2sccc2C1. The second kappa shape index (κ2) is 6.07. The highest BCUT2D eigenvalue weighted by molar-refractivity contribution is 8.22. The van der Waals surface area contributed by atoms with Crippen LogP contribution in [-0.4, -0.2) is 15.8 Å². The molecule has 1 aliphatic rings. The molecule has 0 radical (unpaired) electrons. The third-order valence-corrected chi connectivity index (χ3v) is 5.89. The van der Waals surface area contributed by atoms with Crippen molar-refractivity contribution in [3.8, 4) is 0 Å². The summed E-state index contributed by atoms with van der Waals surface area (Å²) in [5, 5.41) is 2.19. The van der Waals surface area contributed by atoms with Crippen LogP contribution < -0.4 is 0 Å². The van der Waals surface area contributed by atoms with Crippen molar-refractivity contribution in [1.29, 1.82) is 0 Å². The molecule has 0 fully saturated rings. The van der Waals surface area contributed by atoms with E-state index in [1.807, 2.05) is 11.3 Å². The third-order valence-electron chi connectivity index (χ3n) is 3.27. The van der Waals surface area contributed by atoms with E-state index in [1.165, 1.54) is 16.0 Å². The second-order valence-electron chi connectivity index (χ2n) is 4.58. The number of hydrogen-bond donors (Lipinski definition) is 0. The molecule has 0 saturated carbocycles. The normalized spacial score (nSPS) is 14.2. The molecule has 0 amide bonds. The van der Waals surface area contributed by atoms with Gasteiger partial charge in [-0.05, 0) is 29.0 Å². The molecule has 1 nitrogen and oxygen atoms in total. The molecule has 98 valence electrons. The van der Waals surface area contributed by atoms with Gasteiger partial charge in [-0.25, -0.2) is 0 Å². The summed E-state index contributed by atoms with van der Waals surface area (Å²) in [5.41, 5.74) is 2.79. The maximum Gasteiger partial charge on any atom is 0.137 e. The minimum atomic E-state index is 0.965.